The van der Waals surface area contributed by atoms with Crippen LogP contribution in [0.5, 0.6) is 0 Å². The van der Waals surface area contributed by atoms with Crippen molar-refractivity contribution in [3.63, 3.8) is 0 Å². The molecule has 0 aliphatic heterocycles. The number of benzene rings is 2. The van der Waals surface area contributed by atoms with E-state index in [2.05, 4.69) is 5.32 Å². The smallest absolute Gasteiger partial charge is 0.317 e. The summed E-state index contributed by atoms with van der Waals surface area (Å²) in [5, 5.41) is 3.08. The van der Waals surface area contributed by atoms with Crippen molar-refractivity contribution in [2.75, 3.05) is 11.1 Å². The highest BCUT2D eigenvalue weighted by molar-refractivity contribution is 8.00. The second-order valence-corrected chi connectivity index (χ2v) is 6.80. The molecule has 8 heteroatoms. The summed E-state index contributed by atoms with van der Waals surface area (Å²) >= 11 is 13.1. The molecule has 0 saturated heterocycles. The first-order valence-electron chi connectivity index (χ1n) is 7.19. The highest BCUT2D eigenvalue weighted by Crippen LogP contribution is 2.26. The summed E-state index contributed by atoms with van der Waals surface area (Å²) in [6, 6.07) is 10.7. The average molecular weight is 402 g/mol. The molecule has 132 valence electrons. The topological polar surface area (TPSA) is 55.4 Å². The van der Waals surface area contributed by atoms with E-state index < -0.39 is 23.8 Å². The minimum Gasteiger partial charge on any atom is -0.452 e. The fraction of sp³-hybridized carbons (Fsp3) is 0.176. The molecular weight excluding hydrogens is 388 g/mol. The zero-order valence-electron chi connectivity index (χ0n) is 13.1. The van der Waals surface area contributed by atoms with Gasteiger partial charge in [0.25, 0.3) is 5.91 Å². The lowest BCUT2D eigenvalue weighted by molar-refractivity contribution is -0.150. The third kappa shape index (κ3) is 5.92. The van der Waals surface area contributed by atoms with E-state index in [0.717, 1.165) is 11.0 Å². The summed E-state index contributed by atoms with van der Waals surface area (Å²) in [5.41, 5.74) is 0.237. The zero-order valence-corrected chi connectivity index (χ0v) is 15.4. The quantitative estimate of drug-likeness (QED) is 0.558. The molecule has 0 aliphatic carbocycles. The molecule has 0 bridgehead atoms. The summed E-state index contributed by atoms with van der Waals surface area (Å²) in [6.45, 7) is 1.44. The number of nitrogens with one attached hydrogen (secondary N) is 1. The van der Waals surface area contributed by atoms with Gasteiger partial charge in [-0.1, -0.05) is 35.3 Å². The lowest BCUT2D eigenvalue weighted by Gasteiger charge is -2.14. The Labute approximate surface area is 158 Å². The first kappa shape index (κ1) is 19.6. The van der Waals surface area contributed by atoms with Gasteiger partial charge in [-0.15, -0.1) is 11.8 Å². The van der Waals surface area contributed by atoms with Crippen molar-refractivity contribution < 1.29 is 18.7 Å². The number of carbonyl (C=O) groups excluding carboxylic acids is 2. The number of hydrogen-bond donors (Lipinski definition) is 1. The maximum absolute atomic E-state index is 13.0. The Morgan fingerprint density at radius 2 is 1.92 bits per heavy atom. The van der Waals surface area contributed by atoms with E-state index in [-0.39, 0.29) is 16.5 Å². The summed E-state index contributed by atoms with van der Waals surface area (Å²) in [6.07, 6.45) is -1.03. The molecule has 2 aromatic carbocycles. The Balaban J connectivity index is 1.85. The fourth-order valence-electron chi connectivity index (χ4n) is 1.81. The van der Waals surface area contributed by atoms with Crippen LogP contribution in [0.25, 0.3) is 0 Å². The van der Waals surface area contributed by atoms with Crippen LogP contribution < -0.4 is 5.32 Å². The van der Waals surface area contributed by atoms with Crippen LogP contribution in [0.4, 0.5) is 10.1 Å². The lowest BCUT2D eigenvalue weighted by Crippen LogP contribution is -2.30. The summed E-state index contributed by atoms with van der Waals surface area (Å²) in [7, 11) is 0. The monoisotopic (exact) mass is 401 g/mol. The summed E-state index contributed by atoms with van der Waals surface area (Å²) in [5.74, 6) is -1.62. The molecule has 0 spiro atoms. The molecule has 1 atom stereocenters. The Morgan fingerprint density at radius 3 is 2.60 bits per heavy atom. The third-order valence-electron chi connectivity index (χ3n) is 3.05. The van der Waals surface area contributed by atoms with Crippen LogP contribution in [0.15, 0.2) is 47.4 Å². The number of halogens is 3. The molecule has 1 N–H and O–H groups in total. The van der Waals surface area contributed by atoms with Crippen LogP contribution in [-0.2, 0) is 14.3 Å². The Kier molecular flexibility index (Phi) is 7.11. The van der Waals surface area contributed by atoms with Gasteiger partial charge in [0, 0.05) is 4.90 Å². The van der Waals surface area contributed by atoms with Crippen LogP contribution in [0.1, 0.15) is 6.92 Å². The molecule has 0 radical (unpaired) electrons. The van der Waals surface area contributed by atoms with Gasteiger partial charge in [0.15, 0.2) is 6.10 Å². The molecule has 25 heavy (non-hydrogen) atoms. The number of hydrogen-bond acceptors (Lipinski definition) is 4. The predicted molar refractivity (Wildman–Crippen MR) is 97.8 cm³/mol. The minimum absolute atomic E-state index is 0.0126. The van der Waals surface area contributed by atoms with Crippen molar-refractivity contribution in [1.29, 1.82) is 0 Å². The molecule has 0 fully saturated rings. The molecular formula is C17H14Cl2FNO3S. The number of ether oxygens (including phenoxy) is 1. The largest absolute Gasteiger partial charge is 0.452 e. The maximum Gasteiger partial charge on any atom is 0.317 e. The van der Waals surface area contributed by atoms with Gasteiger partial charge < -0.3 is 10.1 Å². The van der Waals surface area contributed by atoms with Crippen LogP contribution in [0.2, 0.25) is 10.0 Å². The van der Waals surface area contributed by atoms with E-state index >= 15 is 0 Å². The van der Waals surface area contributed by atoms with Crippen LogP contribution in [0, 0.1) is 5.82 Å². The first-order chi connectivity index (χ1) is 11.9. The van der Waals surface area contributed by atoms with Crippen molar-refractivity contribution in [3.05, 3.63) is 58.3 Å². The molecule has 1 amide bonds. The van der Waals surface area contributed by atoms with Crippen molar-refractivity contribution in [2.45, 2.75) is 17.9 Å². The summed E-state index contributed by atoms with van der Waals surface area (Å²) in [4.78, 5) is 24.7. The van der Waals surface area contributed by atoms with Gasteiger partial charge in [-0.05, 0) is 37.3 Å². The van der Waals surface area contributed by atoms with Gasteiger partial charge in [-0.25, -0.2) is 4.39 Å². The van der Waals surface area contributed by atoms with Crippen molar-refractivity contribution >= 4 is 52.5 Å². The minimum atomic E-state index is -1.03. The molecule has 0 saturated carbocycles. The van der Waals surface area contributed by atoms with Gasteiger partial charge in [0.2, 0.25) is 0 Å². The third-order valence-corrected chi connectivity index (χ3v) is 4.85. The van der Waals surface area contributed by atoms with E-state index in [9.17, 15) is 14.0 Å². The molecule has 0 aliphatic rings. The predicted octanol–water partition coefficient (Wildman–Crippen LogP) is 4.80. The number of rotatable bonds is 6. The van der Waals surface area contributed by atoms with Gasteiger partial charge in [-0.3, -0.25) is 9.59 Å². The van der Waals surface area contributed by atoms with Crippen molar-refractivity contribution in [2.24, 2.45) is 0 Å². The van der Waals surface area contributed by atoms with Gasteiger partial charge in [-0.2, -0.15) is 0 Å². The number of thioether (sulfide) groups is 1. The molecule has 4 nitrogen and oxygen atoms in total. The number of carbonyl (C=O) groups is 2. The number of esters is 1. The van der Waals surface area contributed by atoms with Crippen molar-refractivity contribution in [1.82, 2.24) is 0 Å². The van der Waals surface area contributed by atoms with Gasteiger partial charge in [0.1, 0.15) is 5.82 Å². The van der Waals surface area contributed by atoms with Crippen LogP contribution in [0.3, 0.4) is 0 Å². The lowest BCUT2D eigenvalue weighted by atomic mass is 10.3. The maximum atomic E-state index is 13.0. The van der Waals surface area contributed by atoms with Crippen LogP contribution in [-0.4, -0.2) is 23.7 Å². The van der Waals surface area contributed by atoms with E-state index in [1.807, 2.05) is 6.07 Å². The molecule has 0 aromatic heterocycles. The average Bonchev–Trinajstić information content (AvgIpc) is 2.56. The van der Waals surface area contributed by atoms with Gasteiger partial charge in [0.05, 0.1) is 21.5 Å². The van der Waals surface area contributed by atoms with E-state index in [1.165, 1.54) is 30.8 Å². The van der Waals surface area contributed by atoms with Gasteiger partial charge >= 0.3 is 5.97 Å². The zero-order chi connectivity index (χ0) is 18.4. The second kappa shape index (κ2) is 9.08. The number of anilines is 1. The fourth-order valence-corrected chi connectivity index (χ4v) is 3.04. The van der Waals surface area contributed by atoms with E-state index in [0.29, 0.717) is 5.02 Å². The molecule has 2 aromatic rings. The summed E-state index contributed by atoms with van der Waals surface area (Å²) < 4.78 is 18.1. The van der Waals surface area contributed by atoms with E-state index in [4.69, 9.17) is 27.9 Å². The standard InChI is InChI=1S/C17H14Cl2FNO3S/c1-10(17(23)21-14-7-6-11(20)8-13(14)19)24-16(22)9-25-15-5-3-2-4-12(15)18/h2-8,10H,9H2,1H3,(H,21,23). The highest BCUT2D eigenvalue weighted by atomic mass is 35.5. The molecule has 1 unspecified atom stereocenters. The Hall–Kier alpha value is -1.76. The normalized spacial score (nSPS) is 11.7. The van der Waals surface area contributed by atoms with Crippen molar-refractivity contribution in [3.8, 4) is 0 Å². The SMILES string of the molecule is CC(OC(=O)CSc1ccccc1Cl)C(=O)Nc1ccc(F)cc1Cl. The highest BCUT2D eigenvalue weighted by Gasteiger charge is 2.19. The molecule has 0 heterocycles. The molecule has 2 rings (SSSR count). The first-order valence-corrected chi connectivity index (χ1v) is 8.93. The second-order valence-electron chi connectivity index (χ2n) is 4.96. The van der Waals surface area contributed by atoms with E-state index in [1.54, 1.807) is 18.2 Å². The number of amides is 1. The van der Waals surface area contributed by atoms with Crippen LogP contribution >= 0.6 is 35.0 Å². The Morgan fingerprint density at radius 1 is 1.20 bits per heavy atom. The Bertz CT molecular complexity index is 788.